The summed E-state index contributed by atoms with van der Waals surface area (Å²) in [5.74, 6) is -4.87. The maximum absolute atomic E-state index is 10.2. The van der Waals surface area contributed by atoms with E-state index in [0.717, 1.165) is 6.92 Å². The van der Waals surface area contributed by atoms with Crippen LogP contribution >= 0.6 is 0 Å². The first-order chi connectivity index (χ1) is 5.86. The Hall–Kier alpha value is -1.63. The molecule has 13 heavy (non-hydrogen) atoms. The number of carbonyl (C=O) groups is 3. The summed E-state index contributed by atoms with van der Waals surface area (Å²) < 4.78 is 0. The second-order valence-corrected chi connectivity index (χ2v) is 2.32. The topological polar surface area (TPSA) is 127 Å². The Bertz CT molecular complexity index is 223. The van der Waals surface area contributed by atoms with Gasteiger partial charge < -0.3 is 20.1 Å². The van der Waals surface area contributed by atoms with Crippen LogP contribution in [0.2, 0.25) is 0 Å². The zero-order valence-corrected chi connectivity index (χ0v) is 6.68. The molecule has 3 N–H and O–H groups in total. The Kier molecular flexibility index (Phi) is 3.86. The number of carbonyl (C=O) groups excluding carboxylic acids is 1. The molecule has 0 amide bonds. The summed E-state index contributed by atoms with van der Waals surface area (Å²) in [4.78, 5) is 30.6. The lowest BCUT2D eigenvalue weighted by Crippen LogP contribution is -2.53. The van der Waals surface area contributed by atoms with Gasteiger partial charge in [0.15, 0.2) is 0 Å². The molecule has 0 spiro atoms. The van der Waals surface area contributed by atoms with Crippen molar-refractivity contribution in [2.45, 2.75) is 19.0 Å². The maximum atomic E-state index is 10.2. The van der Waals surface area contributed by atoms with Crippen LogP contribution in [0.5, 0.6) is 0 Å². The number of carboxylic acid groups (broad SMARTS) is 3. The van der Waals surface area contributed by atoms with Crippen LogP contribution in [-0.4, -0.2) is 40.2 Å². The van der Waals surface area contributed by atoms with Gasteiger partial charge in [-0.05, 0) is 6.92 Å². The van der Waals surface area contributed by atoms with Gasteiger partial charge in [0.2, 0.25) is 6.04 Å². The summed E-state index contributed by atoms with van der Waals surface area (Å²) in [6, 6.07) is -3.27. The smallest absolute Gasteiger partial charge is 0.332 e. The molecule has 74 valence electrons. The molecule has 0 aromatic heterocycles. The molecule has 1 unspecified atom stereocenters. The summed E-state index contributed by atoms with van der Waals surface area (Å²) in [6.07, 6.45) is 0. The summed E-state index contributed by atoms with van der Waals surface area (Å²) >= 11 is 0. The van der Waals surface area contributed by atoms with E-state index in [9.17, 15) is 19.5 Å². The van der Waals surface area contributed by atoms with E-state index in [2.05, 4.69) is 0 Å². The lowest BCUT2D eigenvalue weighted by molar-refractivity contribution is -0.308. The van der Waals surface area contributed by atoms with E-state index in [0.29, 0.717) is 0 Å². The van der Waals surface area contributed by atoms with E-state index in [1.807, 2.05) is 5.32 Å². The average Bonchev–Trinajstić information content (AvgIpc) is 1.97. The SMILES string of the molecule is CC(NC(C(=O)O)C(=O)O)C(=O)[O-]. The molecule has 0 heterocycles. The van der Waals surface area contributed by atoms with Crippen LogP contribution in [0, 0.1) is 0 Å². The van der Waals surface area contributed by atoms with Gasteiger partial charge in [-0.15, -0.1) is 0 Å². The van der Waals surface area contributed by atoms with Crippen LogP contribution in [0.25, 0.3) is 0 Å². The van der Waals surface area contributed by atoms with E-state index < -0.39 is 30.0 Å². The van der Waals surface area contributed by atoms with Crippen LogP contribution in [-0.2, 0) is 14.4 Å². The molecule has 0 saturated heterocycles. The second-order valence-electron chi connectivity index (χ2n) is 2.32. The zero-order valence-electron chi connectivity index (χ0n) is 6.68. The van der Waals surface area contributed by atoms with Crippen LogP contribution < -0.4 is 10.4 Å². The molecule has 0 bridgehead atoms. The molecule has 0 aliphatic rings. The first-order valence-electron chi connectivity index (χ1n) is 3.28. The molecule has 0 saturated carbocycles. The third-order valence-electron chi connectivity index (χ3n) is 1.26. The molecule has 0 aliphatic heterocycles. The molecule has 1 atom stereocenters. The van der Waals surface area contributed by atoms with Crippen molar-refractivity contribution in [2.75, 3.05) is 0 Å². The van der Waals surface area contributed by atoms with Gasteiger partial charge in [-0.25, -0.2) is 9.59 Å². The Balaban J connectivity index is 4.35. The Morgan fingerprint density at radius 3 is 1.85 bits per heavy atom. The minimum absolute atomic E-state index is 1.09. The Morgan fingerprint density at radius 2 is 1.62 bits per heavy atom. The predicted molar refractivity (Wildman–Crippen MR) is 36.7 cm³/mol. The second kappa shape index (κ2) is 4.41. The van der Waals surface area contributed by atoms with Gasteiger partial charge in [0.25, 0.3) is 0 Å². The van der Waals surface area contributed by atoms with E-state index in [1.165, 1.54) is 0 Å². The minimum atomic E-state index is -1.94. The number of nitrogens with one attached hydrogen (secondary N) is 1. The molecular weight excluding hydrogens is 182 g/mol. The third-order valence-corrected chi connectivity index (χ3v) is 1.26. The quantitative estimate of drug-likeness (QED) is 0.401. The monoisotopic (exact) mass is 190 g/mol. The molecule has 0 aromatic carbocycles. The molecular formula is C6H8NO6-. The molecule has 0 aliphatic carbocycles. The molecule has 0 aromatic rings. The molecule has 0 rings (SSSR count). The first kappa shape index (κ1) is 11.4. The van der Waals surface area contributed by atoms with Crippen LogP contribution in [0.4, 0.5) is 0 Å². The van der Waals surface area contributed by atoms with E-state index in [-0.39, 0.29) is 0 Å². The predicted octanol–water partition coefficient (Wildman–Crippen LogP) is -2.75. The van der Waals surface area contributed by atoms with Crippen molar-refractivity contribution in [1.29, 1.82) is 0 Å². The normalized spacial score (nSPS) is 12.5. The van der Waals surface area contributed by atoms with Gasteiger partial charge in [-0.1, -0.05) is 0 Å². The van der Waals surface area contributed by atoms with Crippen molar-refractivity contribution in [1.82, 2.24) is 5.32 Å². The first-order valence-corrected chi connectivity index (χ1v) is 3.28. The fourth-order valence-corrected chi connectivity index (χ4v) is 0.566. The summed E-state index contributed by atoms with van der Waals surface area (Å²) in [5, 5.41) is 28.6. The van der Waals surface area contributed by atoms with E-state index in [4.69, 9.17) is 10.2 Å². The Labute approximate surface area is 73.0 Å². The largest absolute Gasteiger partial charge is 0.548 e. The Morgan fingerprint density at radius 1 is 1.23 bits per heavy atom. The zero-order chi connectivity index (χ0) is 10.6. The van der Waals surface area contributed by atoms with Gasteiger partial charge in [-0.3, -0.25) is 5.32 Å². The lowest BCUT2D eigenvalue weighted by atomic mass is 10.2. The maximum Gasteiger partial charge on any atom is 0.332 e. The van der Waals surface area contributed by atoms with Gasteiger partial charge >= 0.3 is 11.9 Å². The highest BCUT2D eigenvalue weighted by atomic mass is 16.4. The van der Waals surface area contributed by atoms with Gasteiger partial charge in [0, 0.05) is 6.04 Å². The molecule has 7 heteroatoms. The molecule has 0 fully saturated rings. The summed E-state index contributed by atoms with van der Waals surface area (Å²) in [5.41, 5.74) is 0. The van der Waals surface area contributed by atoms with E-state index in [1.54, 1.807) is 0 Å². The number of carboxylic acids is 3. The van der Waals surface area contributed by atoms with Crippen LogP contribution in [0.1, 0.15) is 6.92 Å². The fourth-order valence-electron chi connectivity index (χ4n) is 0.566. The van der Waals surface area contributed by atoms with Crippen molar-refractivity contribution >= 4 is 17.9 Å². The van der Waals surface area contributed by atoms with Gasteiger partial charge in [0.05, 0.1) is 5.97 Å². The number of hydrogen-bond donors (Lipinski definition) is 3. The summed E-state index contributed by atoms with van der Waals surface area (Å²) in [7, 11) is 0. The van der Waals surface area contributed by atoms with E-state index >= 15 is 0 Å². The highest BCUT2D eigenvalue weighted by Crippen LogP contribution is 1.88. The van der Waals surface area contributed by atoms with Gasteiger partial charge in [0.1, 0.15) is 0 Å². The lowest BCUT2D eigenvalue weighted by Gasteiger charge is -2.17. The standard InChI is InChI=1S/C6H9NO6/c1-2(4(8)9)7-3(5(10)11)6(12)13/h2-3,7H,1H3,(H,8,9)(H,10,11)(H,12,13)/p-1. The van der Waals surface area contributed by atoms with Crippen molar-refractivity contribution in [3.05, 3.63) is 0 Å². The molecule has 0 radical (unpaired) electrons. The highest BCUT2D eigenvalue weighted by Gasteiger charge is 2.27. The third kappa shape index (κ3) is 3.52. The minimum Gasteiger partial charge on any atom is -0.548 e. The number of hydrogen-bond acceptors (Lipinski definition) is 5. The van der Waals surface area contributed by atoms with Crippen molar-refractivity contribution in [3.63, 3.8) is 0 Å². The molecule has 7 nitrogen and oxygen atoms in total. The summed E-state index contributed by atoms with van der Waals surface area (Å²) in [6.45, 7) is 1.09. The van der Waals surface area contributed by atoms with Crippen LogP contribution in [0.15, 0.2) is 0 Å². The van der Waals surface area contributed by atoms with Crippen molar-refractivity contribution in [2.24, 2.45) is 0 Å². The number of aliphatic carboxylic acids is 3. The van der Waals surface area contributed by atoms with Crippen molar-refractivity contribution in [3.8, 4) is 0 Å². The van der Waals surface area contributed by atoms with Crippen LogP contribution in [0.3, 0.4) is 0 Å². The van der Waals surface area contributed by atoms with Gasteiger partial charge in [-0.2, -0.15) is 0 Å². The fraction of sp³-hybridized carbons (Fsp3) is 0.500. The highest BCUT2D eigenvalue weighted by molar-refractivity contribution is 5.97. The van der Waals surface area contributed by atoms with Crippen molar-refractivity contribution < 1.29 is 29.7 Å². The number of rotatable bonds is 5. The average molecular weight is 190 g/mol.